The van der Waals surface area contributed by atoms with Crippen molar-refractivity contribution in [2.45, 2.75) is 37.4 Å². The van der Waals surface area contributed by atoms with Crippen LogP contribution in [0.3, 0.4) is 0 Å². The number of benzene rings is 1. The van der Waals surface area contributed by atoms with Gasteiger partial charge >= 0.3 is 11.9 Å². The highest BCUT2D eigenvalue weighted by atomic mass is 16.4. The Kier molecular flexibility index (Phi) is 8.09. The Bertz CT molecular complexity index is 914. The lowest BCUT2D eigenvalue weighted by Gasteiger charge is -2.22. The third-order valence-electron chi connectivity index (χ3n) is 4.32. The van der Waals surface area contributed by atoms with Gasteiger partial charge in [0, 0.05) is 19.0 Å². The molecule has 1 heterocycles. The van der Waals surface area contributed by atoms with Crippen LogP contribution in [0.2, 0.25) is 0 Å². The number of hydrogen-bond acceptors (Lipinski definition) is 7. The summed E-state index contributed by atoms with van der Waals surface area (Å²) in [5.74, 6) is -4.50. The first kappa shape index (κ1) is 23.3. The lowest BCUT2D eigenvalue weighted by Crippen LogP contribution is -2.55. The number of carbonyl (C=O) groups is 4. The predicted molar refractivity (Wildman–Crippen MR) is 106 cm³/mol. The fourth-order valence-electron chi connectivity index (χ4n) is 2.72. The largest absolute Gasteiger partial charge is 0.508 e. The number of carbonyl (C=O) groups excluding carboxylic acids is 2. The minimum absolute atomic E-state index is 0.00205. The second kappa shape index (κ2) is 10.7. The van der Waals surface area contributed by atoms with Crippen molar-refractivity contribution >= 4 is 23.8 Å². The van der Waals surface area contributed by atoms with Crippen LogP contribution >= 0.6 is 0 Å². The third kappa shape index (κ3) is 7.44. The van der Waals surface area contributed by atoms with Crippen LogP contribution in [0.15, 0.2) is 36.8 Å². The fraction of sp³-hybridized carbons (Fsp3) is 0.316. The van der Waals surface area contributed by atoms with E-state index in [0.29, 0.717) is 11.3 Å². The number of aliphatic carboxylic acids is 2. The van der Waals surface area contributed by atoms with Crippen molar-refractivity contribution in [3.8, 4) is 5.75 Å². The molecule has 3 atom stereocenters. The minimum Gasteiger partial charge on any atom is -0.508 e. The third-order valence-corrected chi connectivity index (χ3v) is 4.32. The van der Waals surface area contributed by atoms with Gasteiger partial charge in [-0.15, -0.1) is 0 Å². The smallest absolute Gasteiger partial charge is 0.326 e. The number of nitrogens with two attached hydrogens (primary N) is 1. The zero-order valence-corrected chi connectivity index (χ0v) is 16.3. The van der Waals surface area contributed by atoms with Crippen LogP contribution in [0.1, 0.15) is 17.7 Å². The van der Waals surface area contributed by atoms with Crippen LogP contribution < -0.4 is 16.4 Å². The molecule has 0 aliphatic rings. The van der Waals surface area contributed by atoms with Gasteiger partial charge in [0.15, 0.2) is 0 Å². The molecule has 1 aromatic carbocycles. The Balaban J connectivity index is 2.15. The Morgan fingerprint density at radius 2 is 1.65 bits per heavy atom. The summed E-state index contributed by atoms with van der Waals surface area (Å²) < 4.78 is 0. The van der Waals surface area contributed by atoms with Crippen molar-refractivity contribution in [2.24, 2.45) is 5.73 Å². The van der Waals surface area contributed by atoms with E-state index in [1.165, 1.54) is 30.6 Å². The molecule has 166 valence electrons. The van der Waals surface area contributed by atoms with E-state index in [0.717, 1.165) is 0 Å². The summed E-state index contributed by atoms with van der Waals surface area (Å²) in [6.45, 7) is 0. The zero-order valence-electron chi connectivity index (χ0n) is 16.3. The highest BCUT2D eigenvalue weighted by Crippen LogP contribution is 2.12. The van der Waals surface area contributed by atoms with Gasteiger partial charge in [-0.05, 0) is 17.7 Å². The molecule has 0 aliphatic heterocycles. The van der Waals surface area contributed by atoms with Gasteiger partial charge in [-0.2, -0.15) is 0 Å². The second-order valence-electron chi connectivity index (χ2n) is 6.80. The maximum atomic E-state index is 12.7. The number of hydrogen-bond donors (Lipinski definition) is 7. The zero-order chi connectivity index (χ0) is 23.0. The summed E-state index contributed by atoms with van der Waals surface area (Å²) in [5.41, 5.74) is 6.98. The molecule has 0 spiro atoms. The average Bonchev–Trinajstić information content (AvgIpc) is 3.21. The number of phenols is 1. The lowest BCUT2D eigenvalue weighted by atomic mass is 10.0. The van der Waals surface area contributed by atoms with Gasteiger partial charge < -0.3 is 36.7 Å². The average molecular weight is 433 g/mol. The van der Waals surface area contributed by atoms with Crippen LogP contribution in [0.25, 0.3) is 0 Å². The van der Waals surface area contributed by atoms with Crippen molar-refractivity contribution in [3.63, 3.8) is 0 Å². The molecule has 8 N–H and O–H groups in total. The van der Waals surface area contributed by atoms with Gasteiger partial charge in [0.25, 0.3) is 0 Å². The summed E-state index contributed by atoms with van der Waals surface area (Å²) >= 11 is 0. The fourth-order valence-corrected chi connectivity index (χ4v) is 2.72. The number of aromatic hydroxyl groups is 1. The number of phenolic OH excluding ortho intramolecular Hbond substituents is 1. The van der Waals surface area contributed by atoms with Gasteiger partial charge in [0.1, 0.15) is 17.8 Å². The number of H-pyrrole nitrogens is 1. The van der Waals surface area contributed by atoms with Crippen molar-refractivity contribution in [2.75, 3.05) is 0 Å². The monoisotopic (exact) mass is 433 g/mol. The van der Waals surface area contributed by atoms with E-state index >= 15 is 0 Å². The van der Waals surface area contributed by atoms with Gasteiger partial charge in [-0.25, -0.2) is 9.78 Å². The number of carboxylic acid groups (broad SMARTS) is 2. The van der Waals surface area contributed by atoms with E-state index in [1.54, 1.807) is 6.20 Å². The van der Waals surface area contributed by atoms with Crippen molar-refractivity contribution < 1.29 is 34.5 Å². The summed E-state index contributed by atoms with van der Waals surface area (Å²) in [6.07, 6.45) is 2.21. The molecule has 2 amide bonds. The standard InChI is InChI=1S/C19H23N5O7/c20-13(6-11-8-21-9-22-11)17(28)23-14(5-10-1-3-12(25)4-2-10)18(29)24-15(19(30)31)7-16(26)27/h1-4,8-9,13-15,25H,5-7,20H2,(H,21,22)(H,23,28)(H,24,29)(H,26,27)(H,30,31)/t13-,14-,15-/m0/s1. The molecule has 2 aromatic rings. The molecule has 1 aromatic heterocycles. The molecule has 0 fully saturated rings. The minimum atomic E-state index is -1.68. The molecule has 12 nitrogen and oxygen atoms in total. The van der Waals surface area contributed by atoms with Crippen LogP contribution in [-0.4, -0.2) is 67.2 Å². The first-order valence-corrected chi connectivity index (χ1v) is 9.22. The number of imidazole rings is 1. The first-order chi connectivity index (χ1) is 14.7. The Hall–Kier alpha value is -3.93. The number of carboxylic acids is 2. The molecule has 0 bridgehead atoms. The quantitative estimate of drug-likeness (QED) is 0.226. The summed E-state index contributed by atoms with van der Waals surface area (Å²) in [5, 5.41) is 32.0. The van der Waals surface area contributed by atoms with E-state index in [1.807, 2.05) is 0 Å². The van der Waals surface area contributed by atoms with E-state index < -0.39 is 48.3 Å². The van der Waals surface area contributed by atoms with Crippen LogP contribution in [-0.2, 0) is 32.0 Å². The van der Waals surface area contributed by atoms with Crippen LogP contribution in [0.5, 0.6) is 5.75 Å². The van der Waals surface area contributed by atoms with Gasteiger partial charge in [0.05, 0.1) is 24.5 Å². The topological polar surface area (TPSA) is 208 Å². The Morgan fingerprint density at radius 1 is 1.00 bits per heavy atom. The molecule has 0 aliphatic carbocycles. The molecule has 0 unspecified atom stereocenters. The number of nitrogens with one attached hydrogen (secondary N) is 3. The maximum Gasteiger partial charge on any atom is 0.326 e. The number of aromatic amines is 1. The van der Waals surface area contributed by atoms with Crippen molar-refractivity contribution in [1.82, 2.24) is 20.6 Å². The van der Waals surface area contributed by atoms with Crippen molar-refractivity contribution in [1.29, 1.82) is 0 Å². The summed E-state index contributed by atoms with van der Waals surface area (Å²) in [4.78, 5) is 54.1. The Labute approximate surface area is 176 Å². The molecular formula is C19H23N5O7. The van der Waals surface area contributed by atoms with E-state index in [4.69, 9.17) is 15.9 Å². The second-order valence-corrected chi connectivity index (χ2v) is 6.80. The highest BCUT2D eigenvalue weighted by Gasteiger charge is 2.29. The van der Waals surface area contributed by atoms with E-state index in [9.17, 15) is 24.3 Å². The molecular weight excluding hydrogens is 410 g/mol. The first-order valence-electron chi connectivity index (χ1n) is 9.22. The van der Waals surface area contributed by atoms with Gasteiger partial charge in [-0.3, -0.25) is 14.4 Å². The molecule has 2 rings (SSSR count). The summed E-state index contributed by atoms with van der Waals surface area (Å²) in [7, 11) is 0. The van der Waals surface area contributed by atoms with E-state index in [2.05, 4.69) is 20.6 Å². The van der Waals surface area contributed by atoms with Crippen LogP contribution in [0, 0.1) is 0 Å². The number of nitrogens with zero attached hydrogens (tertiary/aromatic N) is 1. The molecule has 12 heteroatoms. The molecule has 31 heavy (non-hydrogen) atoms. The molecule has 0 saturated carbocycles. The summed E-state index contributed by atoms with van der Waals surface area (Å²) in [6, 6.07) is 1.88. The van der Waals surface area contributed by atoms with Gasteiger partial charge in [0.2, 0.25) is 11.8 Å². The predicted octanol–water partition coefficient (Wildman–Crippen LogP) is -1.24. The number of amides is 2. The lowest BCUT2D eigenvalue weighted by molar-refractivity contribution is -0.147. The normalized spacial score (nSPS) is 13.6. The van der Waals surface area contributed by atoms with E-state index in [-0.39, 0.29) is 18.6 Å². The van der Waals surface area contributed by atoms with Crippen LogP contribution in [0.4, 0.5) is 0 Å². The number of aromatic nitrogens is 2. The number of rotatable bonds is 11. The maximum absolute atomic E-state index is 12.7. The molecule has 0 saturated heterocycles. The van der Waals surface area contributed by atoms with Gasteiger partial charge in [-0.1, -0.05) is 12.1 Å². The van der Waals surface area contributed by atoms with Crippen molar-refractivity contribution in [3.05, 3.63) is 48.0 Å². The molecule has 0 radical (unpaired) electrons. The SMILES string of the molecule is N[C@@H](Cc1c[nH]cn1)C(=O)N[C@@H](Cc1ccc(O)cc1)C(=O)N[C@@H](CC(=O)O)C(=O)O. The Morgan fingerprint density at radius 3 is 2.19 bits per heavy atom. The highest BCUT2D eigenvalue weighted by molar-refractivity contribution is 5.93.